The Balaban J connectivity index is 1.35. The molecule has 4 atom stereocenters. The van der Waals surface area contributed by atoms with Gasteiger partial charge in [-0.2, -0.15) is 5.43 Å². The molecular formula is C27H38FN5O3. The van der Waals surface area contributed by atoms with E-state index in [0.717, 1.165) is 31.2 Å². The van der Waals surface area contributed by atoms with E-state index in [4.69, 9.17) is 0 Å². The van der Waals surface area contributed by atoms with Crippen LogP contribution >= 0.6 is 0 Å². The molecule has 8 nitrogen and oxygen atoms in total. The maximum absolute atomic E-state index is 13.7. The second-order valence-electron chi connectivity index (χ2n) is 11.3. The van der Waals surface area contributed by atoms with Crippen LogP contribution in [-0.4, -0.2) is 57.6 Å². The number of nitrogens with one attached hydrogen (secondary N) is 2. The number of hydrogen-bond acceptors (Lipinski definition) is 4. The molecule has 2 saturated carbocycles. The predicted molar refractivity (Wildman–Crippen MR) is 132 cm³/mol. The fourth-order valence-corrected chi connectivity index (χ4v) is 6.39. The highest BCUT2D eigenvalue weighted by Crippen LogP contribution is 2.41. The molecule has 2 aliphatic heterocycles. The van der Waals surface area contributed by atoms with E-state index in [2.05, 4.69) is 24.6 Å². The molecule has 2 N–H and O–H groups in total. The first-order chi connectivity index (χ1) is 17.3. The van der Waals surface area contributed by atoms with Crippen LogP contribution in [0.5, 0.6) is 0 Å². The van der Waals surface area contributed by atoms with Crippen molar-refractivity contribution in [2.75, 3.05) is 6.54 Å². The van der Waals surface area contributed by atoms with Gasteiger partial charge in [-0.05, 0) is 55.7 Å². The van der Waals surface area contributed by atoms with Crippen molar-refractivity contribution >= 4 is 17.8 Å². The number of nitrogens with zero attached hydrogens (tertiary/aromatic N) is 3. The van der Waals surface area contributed by atoms with E-state index in [-0.39, 0.29) is 60.0 Å². The Labute approximate surface area is 212 Å². The summed E-state index contributed by atoms with van der Waals surface area (Å²) in [5.74, 6) is -0.449. The van der Waals surface area contributed by atoms with E-state index >= 15 is 0 Å². The topological polar surface area (TPSA) is 85.0 Å². The van der Waals surface area contributed by atoms with Crippen LogP contribution in [0.15, 0.2) is 24.3 Å². The molecule has 5 rings (SSSR count). The fourth-order valence-electron chi connectivity index (χ4n) is 6.39. The summed E-state index contributed by atoms with van der Waals surface area (Å²) in [4.78, 5) is 44.1. The minimum Gasteiger partial charge on any atom is -0.353 e. The number of halogens is 1. The van der Waals surface area contributed by atoms with Crippen molar-refractivity contribution in [1.82, 2.24) is 25.6 Å². The monoisotopic (exact) mass is 499 g/mol. The van der Waals surface area contributed by atoms with Gasteiger partial charge in [0.15, 0.2) is 6.29 Å². The van der Waals surface area contributed by atoms with Gasteiger partial charge in [0.2, 0.25) is 11.8 Å². The van der Waals surface area contributed by atoms with E-state index in [9.17, 15) is 18.8 Å². The van der Waals surface area contributed by atoms with Gasteiger partial charge in [0.1, 0.15) is 5.82 Å². The first-order valence-corrected chi connectivity index (χ1v) is 13.5. The number of hydrogen-bond donors (Lipinski definition) is 2. The van der Waals surface area contributed by atoms with Crippen molar-refractivity contribution in [1.29, 1.82) is 0 Å². The second kappa shape index (κ2) is 10.4. The number of benzene rings is 1. The van der Waals surface area contributed by atoms with E-state index in [0.29, 0.717) is 25.8 Å². The van der Waals surface area contributed by atoms with Crippen LogP contribution in [0.4, 0.5) is 9.18 Å². The van der Waals surface area contributed by atoms with Gasteiger partial charge < -0.3 is 10.2 Å². The van der Waals surface area contributed by atoms with Gasteiger partial charge in [-0.15, -0.1) is 0 Å². The third kappa shape index (κ3) is 4.94. The summed E-state index contributed by atoms with van der Waals surface area (Å²) in [7, 11) is 0. The van der Waals surface area contributed by atoms with Crippen molar-refractivity contribution in [3.63, 3.8) is 0 Å². The van der Waals surface area contributed by atoms with Gasteiger partial charge in [0.05, 0.1) is 12.5 Å². The first kappa shape index (κ1) is 25.0. The van der Waals surface area contributed by atoms with Crippen molar-refractivity contribution < 1.29 is 18.8 Å². The molecule has 0 spiro atoms. The van der Waals surface area contributed by atoms with E-state index in [1.54, 1.807) is 21.9 Å². The molecule has 1 aromatic carbocycles. The highest BCUT2D eigenvalue weighted by molar-refractivity contribution is 5.87. The third-order valence-electron chi connectivity index (χ3n) is 8.19. The summed E-state index contributed by atoms with van der Waals surface area (Å²) in [5.41, 5.74) is 4.05. The summed E-state index contributed by atoms with van der Waals surface area (Å²) in [6, 6.07) is 5.80. The second-order valence-corrected chi connectivity index (χ2v) is 11.3. The van der Waals surface area contributed by atoms with E-state index in [1.165, 1.54) is 23.6 Å². The van der Waals surface area contributed by atoms with Gasteiger partial charge in [-0.3, -0.25) is 19.5 Å². The van der Waals surface area contributed by atoms with E-state index < -0.39 is 6.29 Å². The fraction of sp³-hybridized carbons (Fsp3) is 0.667. The molecule has 36 heavy (non-hydrogen) atoms. The Kier molecular flexibility index (Phi) is 7.19. The third-order valence-corrected chi connectivity index (χ3v) is 8.19. The van der Waals surface area contributed by atoms with Crippen LogP contribution in [-0.2, 0) is 16.1 Å². The van der Waals surface area contributed by atoms with E-state index in [1.807, 2.05) is 0 Å². The lowest BCUT2D eigenvalue weighted by atomic mass is 9.75. The smallest absolute Gasteiger partial charge is 0.337 e. The molecule has 2 aliphatic carbocycles. The van der Waals surface area contributed by atoms with Crippen molar-refractivity contribution in [3.05, 3.63) is 35.6 Å². The first-order valence-electron chi connectivity index (χ1n) is 13.5. The SMILES string of the molecule is CC(C)CN1C(=O)C2CCC(C(=O)NC3CCCCC3)CC2N2C(=O)N(Cc3ccc(F)cc3)NC12. The van der Waals surface area contributed by atoms with Crippen LogP contribution in [0.25, 0.3) is 0 Å². The number of carbonyl (C=O) groups is 3. The quantitative estimate of drug-likeness (QED) is 0.627. The number of fused-ring (bicyclic) bond motifs is 3. The molecule has 0 bridgehead atoms. The maximum atomic E-state index is 13.7. The molecule has 9 heteroatoms. The lowest BCUT2D eigenvalue weighted by Gasteiger charge is -2.50. The van der Waals surface area contributed by atoms with Crippen molar-refractivity contribution in [3.8, 4) is 0 Å². The molecule has 4 amide bonds. The average Bonchev–Trinajstić information content (AvgIpc) is 3.19. The Bertz CT molecular complexity index is 980. The highest BCUT2D eigenvalue weighted by Gasteiger charge is 2.56. The maximum Gasteiger partial charge on any atom is 0.337 e. The summed E-state index contributed by atoms with van der Waals surface area (Å²) < 4.78 is 13.4. The molecule has 2 heterocycles. The summed E-state index contributed by atoms with van der Waals surface area (Å²) >= 11 is 0. The zero-order valence-electron chi connectivity index (χ0n) is 21.3. The van der Waals surface area contributed by atoms with Crippen LogP contribution in [0, 0.1) is 23.6 Å². The van der Waals surface area contributed by atoms with Gasteiger partial charge in [-0.25, -0.2) is 9.18 Å². The highest BCUT2D eigenvalue weighted by atomic mass is 19.1. The molecule has 4 fully saturated rings. The number of carbonyl (C=O) groups excluding carboxylic acids is 3. The molecule has 4 unspecified atom stereocenters. The van der Waals surface area contributed by atoms with Crippen LogP contribution in [0.2, 0.25) is 0 Å². The summed E-state index contributed by atoms with van der Waals surface area (Å²) in [5, 5.41) is 4.77. The predicted octanol–water partition coefficient (Wildman–Crippen LogP) is 3.58. The number of amides is 4. The molecule has 196 valence electrons. The lowest BCUT2D eigenvalue weighted by molar-refractivity contribution is -0.159. The van der Waals surface area contributed by atoms with Gasteiger partial charge in [0.25, 0.3) is 0 Å². The minimum atomic E-state index is -0.575. The molecule has 1 aromatic rings. The Morgan fingerprint density at radius 2 is 1.81 bits per heavy atom. The molecule has 0 radical (unpaired) electrons. The molecule has 2 saturated heterocycles. The number of hydrazine groups is 1. The zero-order chi connectivity index (χ0) is 25.4. The summed E-state index contributed by atoms with van der Waals surface area (Å²) in [6.07, 6.45) is 6.79. The molecule has 4 aliphatic rings. The molecular weight excluding hydrogens is 461 g/mol. The lowest BCUT2D eigenvalue weighted by Crippen LogP contribution is -2.67. The van der Waals surface area contributed by atoms with Crippen LogP contribution < -0.4 is 10.7 Å². The Morgan fingerprint density at radius 1 is 1.08 bits per heavy atom. The van der Waals surface area contributed by atoms with Crippen LogP contribution in [0.3, 0.4) is 0 Å². The summed E-state index contributed by atoms with van der Waals surface area (Å²) in [6.45, 7) is 4.92. The Hall–Kier alpha value is -2.68. The zero-order valence-corrected chi connectivity index (χ0v) is 21.3. The number of rotatable bonds is 6. The number of urea groups is 1. The van der Waals surface area contributed by atoms with Crippen LogP contribution in [0.1, 0.15) is 70.8 Å². The normalized spacial score (nSPS) is 28.9. The van der Waals surface area contributed by atoms with Gasteiger partial charge in [-0.1, -0.05) is 45.2 Å². The standard InChI is InChI=1S/C27H38FN5O3/c1-17(2)15-31-25(35)22-13-10-19(24(34)29-21-6-4-3-5-7-21)14-23(22)33-26(31)30-32(27(33)36)16-18-8-11-20(28)12-9-18/h8-9,11-12,17,19,21-23,26,30H,3-7,10,13-16H2,1-2H3,(H,29,34). The van der Waals surface area contributed by atoms with Crippen molar-refractivity contribution in [2.45, 2.75) is 90.1 Å². The minimum absolute atomic E-state index is 0.0602. The largest absolute Gasteiger partial charge is 0.353 e. The van der Waals surface area contributed by atoms with Crippen molar-refractivity contribution in [2.24, 2.45) is 17.8 Å². The van der Waals surface area contributed by atoms with Gasteiger partial charge in [0, 0.05) is 24.5 Å². The van der Waals surface area contributed by atoms with Gasteiger partial charge >= 0.3 is 6.03 Å². The Morgan fingerprint density at radius 3 is 2.50 bits per heavy atom. The molecule has 0 aromatic heterocycles. The average molecular weight is 500 g/mol.